The second-order valence-electron chi connectivity index (χ2n) is 6.65. The molecule has 2 aromatic rings. The van der Waals surface area contributed by atoms with Gasteiger partial charge in [0.05, 0.1) is 17.6 Å². The van der Waals surface area contributed by atoms with Crippen molar-refractivity contribution in [1.29, 1.82) is 0 Å². The fraction of sp³-hybridized carbons (Fsp3) is 0.500. The predicted octanol–water partition coefficient (Wildman–Crippen LogP) is 1.92. The number of fused-ring (bicyclic) bond motifs is 1. The minimum absolute atomic E-state index is 0.0542. The Morgan fingerprint density at radius 3 is 2.64 bits per heavy atom. The molecular weight excluding hydrogens is 312 g/mol. The first-order valence-corrected chi connectivity index (χ1v) is 9.30. The van der Waals surface area contributed by atoms with Crippen molar-refractivity contribution in [2.75, 3.05) is 45.8 Å². The van der Waals surface area contributed by atoms with Crippen LogP contribution in [0.4, 0.5) is 0 Å². The van der Waals surface area contributed by atoms with Crippen LogP contribution in [0, 0.1) is 0 Å². The topological polar surface area (TPSA) is 48.5 Å². The second-order valence-corrected chi connectivity index (χ2v) is 6.65. The number of amides is 1. The van der Waals surface area contributed by atoms with Gasteiger partial charge in [-0.2, -0.15) is 0 Å². The summed E-state index contributed by atoms with van der Waals surface area (Å²) < 4.78 is 0. The van der Waals surface area contributed by atoms with Crippen LogP contribution in [-0.2, 0) is 11.2 Å². The lowest BCUT2D eigenvalue weighted by atomic mass is 10.2. The normalized spacial score (nSPS) is 16.2. The Hall–Kier alpha value is -1.98. The molecule has 0 saturated carbocycles. The molecule has 0 aliphatic carbocycles. The SMILES string of the molecule is CCN1CCN(CCCNC(=O)Cc2ccc3ccccc3n2)CC1. The van der Waals surface area contributed by atoms with E-state index in [2.05, 4.69) is 27.0 Å². The molecule has 1 fully saturated rings. The second kappa shape index (κ2) is 8.92. The van der Waals surface area contributed by atoms with Crippen LogP contribution in [-0.4, -0.2) is 66.5 Å². The van der Waals surface area contributed by atoms with Gasteiger partial charge in [0.1, 0.15) is 0 Å². The van der Waals surface area contributed by atoms with Crippen molar-refractivity contribution in [3.8, 4) is 0 Å². The van der Waals surface area contributed by atoms with Gasteiger partial charge in [0.15, 0.2) is 0 Å². The zero-order valence-electron chi connectivity index (χ0n) is 15.1. The average molecular weight is 340 g/mol. The maximum absolute atomic E-state index is 12.1. The van der Waals surface area contributed by atoms with Crippen LogP contribution in [0.15, 0.2) is 36.4 Å². The Labute approximate surface area is 150 Å². The van der Waals surface area contributed by atoms with Gasteiger partial charge in [-0.15, -0.1) is 0 Å². The number of carbonyl (C=O) groups is 1. The van der Waals surface area contributed by atoms with Crippen LogP contribution in [0.3, 0.4) is 0 Å². The van der Waals surface area contributed by atoms with E-state index in [9.17, 15) is 4.79 Å². The van der Waals surface area contributed by atoms with E-state index in [1.54, 1.807) is 0 Å². The van der Waals surface area contributed by atoms with E-state index in [1.807, 2.05) is 36.4 Å². The first-order chi connectivity index (χ1) is 12.2. The Bertz CT molecular complexity index is 695. The van der Waals surface area contributed by atoms with E-state index in [-0.39, 0.29) is 5.91 Å². The Balaban J connectivity index is 1.36. The van der Waals surface area contributed by atoms with Crippen molar-refractivity contribution in [3.05, 3.63) is 42.1 Å². The smallest absolute Gasteiger partial charge is 0.226 e. The number of nitrogens with one attached hydrogen (secondary N) is 1. The molecule has 0 atom stereocenters. The third-order valence-electron chi connectivity index (χ3n) is 4.88. The Kier molecular flexibility index (Phi) is 6.36. The van der Waals surface area contributed by atoms with E-state index < -0.39 is 0 Å². The summed E-state index contributed by atoms with van der Waals surface area (Å²) in [6, 6.07) is 12.0. The van der Waals surface area contributed by atoms with Crippen LogP contribution in [0.2, 0.25) is 0 Å². The van der Waals surface area contributed by atoms with E-state index in [0.717, 1.165) is 68.8 Å². The number of benzene rings is 1. The summed E-state index contributed by atoms with van der Waals surface area (Å²) in [4.78, 5) is 21.6. The molecule has 1 aliphatic rings. The molecule has 1 aromatic carbocycles. The minimum atomic E-state index is 0.0542. The monoisotopic (exact) mass is 340 g/mol. The van der Waals surface area contributed by atoms with Crippen LogP contribution < -0.4 is 5.32 Å². The Morgan fingerprint density at radius 1 is 1.08 bits per heavy atom. The standard InChI is InChI=1S/C20H28N4O/c1-2-23-12-14-24(15-13-23)11-5-10-21-20(25)16-18-9-8-17-6-3-4-7-19(17)22-18/h3-4,6-9H,2,5,10-16H2,1H3,(H,21,25). The summed E-state index contributed by atoms with van der Waals surface area (Å²) in [7, 11) is 0. The van der Waals surface area contributed by atoms with Gasteiger partial charge < -0.3 is 15.1 Å². The molecule has 5 heteroatoms. The van der Waals surface area contributed by atoms with Gasteiger partial charge in [0, 0.05) is 38.1 Å². The highest BCUT2D eigenvalue weighted by atomic mass is 16.1. The fourth-order valence-corrected chi connectivity index (χ4v) is 3.29. The molecule has 25 heavy (non-hydrogen) atoms. The van der Waals surface area contributed by atoms with Gasteiger partial charge in [0.2, 0.25) is 5.91 Å². The van der Waals surface area contributed by atoms with Crippen LogP contribution >= 0.6 is 0 Å². The first-order valence-electron chi connectivity index (χ1n) is 9.30. The molecule has 5 nitrogen and oxygen atoms in total. The quantitative estimate of drug-likeness (QED) is 0.783. The molecule has 3 rings (SSSR count). The molecule has 2 heterocycles. The van der Waals surface area contributed by atoms with E-state index in [1.165, 1.54) is 0 Å². The highest BCUT2D eigenvalue weighted by Gasteiger charge is 2.14. The van der Waals surface area contributed by atoms with Gasteiger partial charge in [-0.05, 0) is 31.6 Å². The zero-order chi connectivity index (χ0) is 17.5. The number of hydrogen-bond acceptors (Lipinski definition) is 4. The highest BCUT2D eigenvalue weighted by molar-refractivity contribution is 5.81. The average Bonchev–Trinajstić information content (AvgIpc) is 2.65. The van der Waals surface area contributed by atoms with Crippen LogP contribution in [0.1, 0.15) is 19.0 Å². The van der Waals surface area contributed by atoms with Gasteiger partial charge in [-0.25, -0.2) is 0 Å². The maximum atomic E-state index is 12.1. The third-order valence-corrected chi connectivity index (χ3v) is 4.88. The number of para-hydroxylation sites is 1. The maximum Gasteiger partial charge on any atom is 0.226 e. The number of piperazine rings is 1. The number of hydrogen-bond donors (Lipinski definition) is 1. The van der Waals surface area contributed by atoms with Crippen molar-refractivity contribution in [2.24, 2.45) is 0 Å². The van der Waals surface area contributed by atoms with Crippen molar-refractivity contribution < 1.29 is 4.79 Å². The summed E-state index contributed by atoms with van der Waals surface area (Å²) in [5, 5.41) is 4.13. The molecule has 1 amide bonds. The molecule has 1 aliphatic heterocycles. The first kappa shape index (κ1) is 17.8. The zero-order valence-corrected chi connectivity index (χ0v) is 15.1. The Morgan fingerprint density at radius 2 is 1.84 bits per heavy atom. The molecule has 0 radical (unpaired) electrons. The highest BCUT2D eigenvalue weighted by Crippen LogP contribution is 2.12. The summed E-state index contributed by atoms with van der Waals surface area (Å²) in [6.07, 6.45) is 1.35. The lowest BCUT2D eigenvalue weighted by molar-refractivity contribution is -0.120. The molecule has 0 bridgehead atoms. The van der Waals surface area contributed by atoms with Gasteiger partial charge in [-0.1, -0.05) is 31.2 Å². The van der Waals surface area contributed by atoms with Gasteiger partial charge in [-0.3, -0.25) is 9.78 Å². The number of rotatable bonds is 7. The third kappa shape index (κ3) is 5.25. The molecule has 0 unspecified atom stereocenters. The van der Waals surface area contributed by atoms with E-state index in [0.29, 0.717) is 6.42 Å². The molecular formula is C20H28N4O. The van der Waals surface area contributed by atoms with Crippen molar-refractivity contribution in [1.82, 2.24) is 20.1 Å². The van der Waals surface area contributed by atoms with Gasteiger partial charge in [0.25, 0.3) is 0 Å². The minimum Gasteiger partial charge on any atom is -0.356 e. The fourth-order valence-electron chi connectivity index (χ4n) is 3.29. The number of pyridine rings is 1. The van der Waals surface area contributed by atoms with Crippen LogP contribution in [0.25, 0.3) is 10.9 Å². The van der Waals surface area contributed by atoms with Crippen molar-refractivity contribution in [2.45, 2.75) is 19.8 Å². The number of carbonyl (C=O) groups excluding carboxylic acids is 1. The number of aromatic nitrogens is 1. The molecule has 1 saturated heterocycles. The number of nitrogens with zero attached hydrogens (tertiary/aromatic N) is 3. The lowest BCUT2D eigenvalue weighted by Gasteiger charge is -2.33. The van der Waals surface area contributed by atoms with Crippen molar-refractivity contribution >= 4 is 16.8 Å². The largest absolute Gasteiger partial charge is 0.356 e. The summed E-state index contributed by atoms with van der Waals surface area (Å²) >= 11 is 0. The lowest BCUT2D eigenvalue weighted by Crippen LogP contribution is -2.46. The summed E-state index contributed by atoms with van der Waals surface area (Å²) in [6.45, 7) is 9.77. The van der Waals surface area contributed by atoms with Gasteiger partial charge >= 0.3 is 0 Å². The van der Waals surface area contributed by atoms with Crippen molar-refractivity contribution in [3.63, 3.8) is 0 Å². The summed E-state index contributed by atoms with van der Waals surface area (Å²) in [5.41, 5.74) is 1.77. The van der Waals surface area contributed by atoms with E-state index in [4.69, 9.17) is 0 Å². The molecule has 1 aromatic heterocycles. The van der Waals surface area contributed by atoms with Crippen LogP contribution in [0.5, 0.6) is 0 Å². The predicted molar refractivity (Wildman–Crippen MR) is 102 cm³/mol. The molecule has 0 spiro atoms. The molecule has 1 N–H and O–H groups in total. The van der Waals surface area contributed by atoms with E-state index >= 15 is 0 Å². The number of likely N-dealkylation sites (N-methyl/N-ethyl adjacent to an activating group) is 1. The summed E-state index contributed by atoms with van der Waals surface area (Å²) in [5.74, 6) is 0.0542. The molecule has 134 valence electrons.